The number of hydrogen-bond acceptors (Lipinski definition) is 7. The lowest BCUT2D eigenvalue weighted by Crippen LogP contribution is -2.38. The molecule has 2 bridgehead atoms. The molecule has 0 unspecified atom stereocenters. The molecule has 3 aliphatic rings. The van der Waals surface area contributed by atoms with E-state index in [1.807, 2.05) is 12.2 Å². The summed E-state index contributed by atoms with van der Waals surface area (Å²) < 4.78 is 4.88. The lowest BCUT2D eigenvalue weighted by molar-refractivity contribution is -0.385. The zero-order valence-corrected chi connectivity index (χ0v) is 16.1. The van der Waals surface area contributed by atoms with Gasteiger partial charge in [-0.1, -0.05) is 18.2 Å². The summed E-state index contributed by atoms with van der Waals surface area (Å²) in [5, 5.41) is 13.4. The molecule has 4 atom stereocenters. The van der Waals surface area contributed by atoms with E-state index in [0.29, 0.717) is 5.56 Å². The highest BCUT2D eigenvalue weighted by atomic mass is 16.6. The number of rotatable bonds is 6. The second kappa shape index (κ2) is 7.36. The van der Waals surface area contributed by atoms with Crippen molar-refractivity contribution in [2.24, 2.45) is 23.7 Å². The molecule has 3 amide bonds. The van der Waals surface area contributed by atoms with Crippen LogP contribution in [0.2, 0.25) is 0 Å². The van der Waals surface area contributed by atoms with Gasteiger partial charge < -0.3 is 10.1 Å². The van der Waals surface area contributed by atoms with Gasteiger partial charge in [0.15, 0.2) is 6.61 Å². The predicted molar refractivity (Wildman–Crippen MR) is 102 cm³/mol. The quantitative estimate of drug-likeness (QED) is 0.243. The third-order valence-electron chi connectivity index (χ3n) is 5.90. The van der Waals surface area contributed by atoms with Crippen molar-refractivity contribution in [1.29, 1.82) is 0 Å². The van der Waals surface area contributed by atoms with E-state index >= 15 is 0 Å². The average molecular weight is 413 g/mol. The molecule has 10 heteroatoms. The molecule has 1 saturated carbocycles. The molecule has 1 saturated heterocycles. The van der Waals surface area contributed by atoms with Crippen molar-refractivity contribution in [3.05, 3.63) is 46.0 Å². The molecule has 1 heterocycles. The van der Waals surface area contributed by atoms with Crippen LogP contribution >= 0.6 is 0 Å². The first kappa shape index (κ1) is 19.7. The highest BCUT2D eigenvalue weighted by molar-refractivity contribution is 6.08. The van der Waals surface area contributed by atoms with Crippen molar-refractivity contribution in [3.8, 4) is 0 Å². The van der Waals surface area contributed by atoms with E-state index in [2.05, 4.69) is 5.32 Å². The lowest BCUT2D eigenvalue weighted by atomic mass is 9.85. The number of nitrogens with zero attached hydrogens (tertiary/aromatic N) is 2. The third-order valence-corrected chi connectivity index (χ3v) is 5.90. The Balaban J connectivity index is 1.30. The number of carbonyl (C=O) groups excluding carboxylic acids is 4. The minimum absolute atomic E-state index is 0.0433. The highest BCUT2D eigenvalue weighted by Gasteiger charge is 2.59. The Hall–Kier alpha value is -3.56. The van der Waals surface area contributed by atoms with Crippen LogP contribution in [0.5, 0.6) is 0 Å². The zero-order chi connectivity index (χ0) is 21.6. The van der Waals surface area contributed by atoms with Crippen LogP contribution in [0.25, 0.3) is 0 Å². The first-order chi connectivity index (χ1) is 14.3. The van der Waals surface area contributed by atoms with E-state index in [0.717, 1.165) is 11.3 Å². The van der Waals surface area contributed by atoms with Gasteiger partial charge in [0, 0.05) is 17.3 Å². The Bertz CT molecular complexity index is 972. The summed E-state index contributed by atoms with van der Waals surface area (Å²) in [5.74, 6) is -3.02. The number of fused-ring (bicyclic) bond motifs is 5. The first-order valence-electron chi connectivity index (χ1n) is 9.50. The fourth-order valence-corrected chi connectivity index (χ4v) is 4.52. The van der Waals surface area contributed by atoms with Gasteiger partial charge in [0.25, 0.3) is 11.6 Å². The van der Waals surface area contributed by atoms with Crippen LogP contribution in [-0.2, 0) is 23.9 Å². The van der Waals surface area contributed by atoms with Crippen molar-refractivity contribution in [2.45, 2.75) is 13.3 Å². The summed E-state index contributed by atoms with van der Waals surface area (Å²) in [5.41, 5.74) is 0.483. The maximum absolute atomic E-state index is 12.5. The number of carbonyl (C=O) groups is 4. The molecule has 0 aromatic heterocycles. The SMILES string of the molecule is Cc1ccc(NC(=O)COC(=O)CN2C(=O)[C@@H]3[C@@H](C2=O)[C@@H]2C=C[C@@H]3C2)cc1[N+](=O)[O-]. The number of benzene rings is 1. The number of amides is 3. The Morgan fingerprint density at radius 1 is 1.20 bits per heavy atom. The second-order valence-corrected chi connectivity index (χ2v) is 7.73. The number of aryl methyl sites for hydroxylation is 1. The molecular formula is C20H19N3O7. The van der Waals surface area contributed by atoms with Gasteiger partial charge in [-0.2, -0.15) is 0 Å². The molecule has 4 rings (SSSR count). The number of ether oxygens (including phenoxy) is 1. The number of nitrogens with one attached hydrogen (secondary N) is 1. The molecule has 156 valence electrons. The molecule has 2 aliphatic carbocycles. The number of allylic oxidation sites excluding steroid dienone is 2. The van der Waals surface area contributed by atoms with Gasteiger partial charge in [0.1, 0.15) is 6.54 Å². The Morgan fingerprint density at radius 2 is 1.83 bits per heavy atom. The van der Waals surface area contributed by atoms with E-state index in [1.165, 1.54) is 18.2 Å². The number of likely N-dealkylation sites (tertiary alicyclic amines) is 1. The topological polar surface area (TPSA) is 136 Å². The number of anilines is 1. The van der Waals surface area contributed by atoms with E-state index < -0.39 is 41.8 Å². The molecule has 1 N–H and O–H groups in total. The van der Waals surface area contributed by atoms with E-state index in [1.54, 1.807) is 6.92 Å². The van der Waals surface area contributed by atoms with Crippen molar-refractivity contribution in [3.63, 3.8) is 0 Å². The maximum Gasteiger partial charge on any atom is 0.326 e. The highest BCUT2D eigenvalue weighted by Crippen LogP contribution is 2.52. The third kappa shape index (κ3) is 3.34. The second-order valence-electron chi connectivity index (χ2n) is 7.73. The van der Waals surface area contributed by atoms with Gasteiger partial charge in [-0.05, 0) is 31.2 Å². The molecule has 0 radical (unpaired) electrons. The molecule has 30 heavy (non-hydrogen) atoms. The van der Waals surface area contributed by atoms with Crippen LogP contribution in [0.15, 0.2) is 30.4 Å². The standard InChI is InChI=1S/C20H19N3O7/c1-10-2-5-13(7-14(10)23(28)29)21-15(24)9-30-16(25)8-22-19(26)17-11-3-4-12(6-11)18(17)20(22)27/h2-5,7,11-12,17-18H,6,8-9H2,1H3,(H,21,24)/t11-,12-,17+,18+/m1/s1. The van der Waals surface area contributed by atoms with Gasteiger partial charge in [-0.3, -0.25) is 34.2 Å². The summed E-state index contributed by atoms with van der Waals surface area (Å²) in [4.78, 5) is 60.5. The lowest BCUT2D eigenvalue weighted by Gasteiger charge is -2.16. The maximum atomic E-state index is 12.5. The van der Waals surface area contributed by atoms with Gasteiger partial charge in [-0.25, -0.2) is 0 Å². The van der Waals surface area contributed by atoms with Gasteiger partial charge in [0.2, 0.25) is 11.8 Å². The van der Waals surface area contributed by atoms with Crippen molar-refractivity contribution in [1.82, 2.24) is 4.90 Å². The normalized spacial score (nSPS) is 26.1. The van der Waals surface area contributed by atoms with Crippen molar-refractivity contribution in [2.75, 3.05) is 18.5 Å². The van der Waals surface area contributed by atoms with Gasteiger partial charge >= 0.3 is 5.97 Å². The number of hydrogen-bond donors (Lipinski definition) is 1. The average Bonchev–Trinajstić information content (AvgIpc) is 3.38. The minimum Gasteiger partial charge on any atom is -0.454 e. The number of nitro benzene ring substituents is 1. The van der Waals surface area contributed by atoms with Crippen LogP contribution in [0.3, 0.4) is 0 Å². The Labute approximate surface area is 171 Å². The Morgan fingerprint density at radius 3 is 2.43 bits per heavy atom. The van der Waals surface area contributed by atoms with Gasteiger partial charge in [0.05, 0.1) is 16.8 Å². The smallest absolute Gasteiger partial charge is 0.326 e. The van der Waals surface area contributed by atoms with Crippen LogP contribution < -0.4 is 5.32 Å². The van der Waals surface area contributed by atoms with Crippen LogP contribution in [-0.4, -0.2) is 46.7 Å². The molecular weight excluding hydrogens is 394 g/mol. The van der Waals surface area contributed by atoms with E-state index in [9.17, 15) is 29.3 Å². The molecule has 1 aromatic carbocycles. The predicted octanol–water partition coefficient (Wildman–Crippen LogP) is 1.19. The molecule has 2 fully saturated rings. The first-order valence-corrected chi connectivity index (χ1v) is 9.50. The number of nitro groups is 1. The van der Waals surface area contributed by atoms with Crippen molar-refractivity contribution >= 4 is 35.1 Å². The Kier molecular flexibility index (Phi) is 4.84. The summed E-state index contributed by atoms with van der Waals surface area (Å²) in [6, 6.07) is 4.19. The number of esters is 1. The van der Waals surface area contributed by atoms with Crippen LogP contribution in [0.1, 0.15) is 12.0 Å². The van der Waals surface area contributed by atoms with Crippen LogP contribution in [0.4, 0.5) is 11.4 Å². The van der Waals surface area contributed by atoms with Gasteiger partial charge in [-0.15, -0.1) is 0 Å². The fourth-order valence-electron chi connectivity index (χ4n) is 4.52. The molecule has 10 nitrogen and oxygen atoms in total. The molecule has 1 aliphatic heterocycles. The zero-order valence-electron chi connectivity index (χ0n) is 16.1. The monoisotopic (exact) mass is 413 g/mol. The largest absolute Gasteiger partial charge is 0.454 e. The summed E-state index contributed by atoms with van der Waals surface area (Å²) in [6.45, 7) is 0.395. The number of imide groups is 1. The summed E-state index contributed by atoms with van der Waals surface area (Å²) in [6.07, 6.45) is 4.71. The van der Waals surface area contributed by atoms with Crippen molar-refractivity contribution < 1.29 is 28.8 Å². The van der Waals surface area contributed by atoms with E-state index in [4.69, 9.17) is 4.74 Å². The van der Waals surface area contributed by atoms with Crippen LogP contribution in [0, 0.1) is 40.7 Å². The summed E-state index contributed by atoms with van der Waals surface area (Å²) >= 11 is 0. The molecule has 0 spiro atoms. The molecule has 1 aromatic rings. The minimum atomic E-state index is -0.873. The summed E-state index contributed by atoms with van der Waals surface area (Å²) in [7, 11) is 0. The fraction of sp³-hybridized carbons (Fsp3) is 0.400. The van der Waals surface area contributed by atoms with E-state index in [-0.39, 0.29) is 35.0 Å².